The maximum absolute atomic E-state index is 6.37. The number of nitrogen functional groups attached to an aromatic ring is 1. The molecule has 0 amide bonds. The zero-order valence-corrected chi connectivity index (χ0v) is 12.5. The number of halogens is 1. The van der Waals surface area contributed by atoms with Crippen molar-refractivity contribution < 1.29 is 0 Å². The molecule has 1 aromatic heterocycles. The Morgan fingerprint density at radius 2 is 2.10 bits per heavy atom. The number of benzene rings is 1. The monoisotopic (exact) mass is 293 g/mol. The molecule has 0 aliphatic carbocycles. The summed E-state index contributed by atoms with van der Waals surface area (Å²) in [6.45, 7) is 2.03. The van der Waals surface area contributed by atoms with E-state index in [1.54, 1.807) is 0 Å². The Labute approximate surface area is 123 Å². The average molecular weight is 294 g/mol. The molecule has 0 aliphatic heterocycles. The molecule has 0 saturated carbocycles. The first-order valence-electron chi connectivity index (χ1n) is 6.59. The van der Waals surface area contributed by atoms with Crippen LogP contribution in [0.1, 0.15) is 29.9 Å². The van der Waals surface area contributed by atoms with Crippen LogP contribution in [0.3, 0.4) is 0 Å². The van der Waals surface area contributed by atoms with E-state index in [9.17, 15) is 0 Å². The van der Waals surface area contributed by atoms with Crippen LogP contribution in [0.25, 0.3) is 0 Å². The molecule has 5 nitrogen and oxygen atoms in total. The third kappa shape index (κ3) is 2.80. The van der Waals surface area contributed by atoms with Crippen molar-refractivity contribution in [2.24, 2.45) is 12.9 Å². The number of aromatic nitrogens is 2. The van der Waals surface area contributed by atoms with Crippen molar-refractivity contribution in [2.75, 3.05) is 5.73 Å². The third-order valence-electron chi connectivity index (χ3n) is 3.47. The van der Waals surface area contributed by atoms with Gasteiger partial charge in [-0.25, -0.2) is 0 Å². The Balaban J connectivity index is 2.32. The Hall–Kier alpha value is -1.56. The zero-order chi connectivity index (χ0) is 14.7. The minimum absolute atomic E-state index is 0.103. The van der Waals surface area contributed by atoms with Gasteiger partial charge in [-0.1, -0.05) is 36.7 Å². The minimum atomic E-state index is -0.103. The van der Waals surface area contributed by atoms with Gasteiger partial charge in [-0.2, -0.15) is 5.10 Å². The van der Waals surface area contributed by atoms with Gasteiger partial charge in [0.2, 0.25) is 0 Å². The van der Waals surface area contributed by atoms with Crippen molar-refractivity contribution in [2.45, 2.75) is 25.8 Å². The van der Waals surface area contributed by atoms with Gasteiger partial charge in [-0.15, -0.1) is 0 Å². The fourth-order valence-corrected chi connectivity index (χ4v) is 2.69. The van der Waals surface area contributed by atoms with Crippen LogP contribution in [-0.4, -0.2) is 9.78 Å². The number of hydrogen-bond donors (Lipinski definition) is 3. The molecule has 0 saturated heterocycles. The van der Waals surface area contributed by atoms with E-state index in [1.807, 2.05) is 42.9 Å². The fraction of sp³-hybridized carbons (Fsp3) is 0.357. The van der Waals surface area contributed by atoms with Crippen molar-refractivity contribution in [3.8, 4) is 0 Å². The fourth-order valence-electron chi connectivity index (χ4n) is 2.32. The topological polar surface area (TPSA) is 81.9 Å². The van der Waals surface area contributed by atoms with Crippen molar-refractivity contribution in [1.82, 2.24) is 15.2 Å². The van der Waals surface area contributed by atoms with E-state index in [-0.39, 0.29) is 6.04 Å². The normalized spacial score (nSPS) is 12.6. The lowest BCUT2D eigenvalue weighted by atomic mass is 10.0. The second-order valence-electron chi connectivity index (χ2n) is 4.74. The Bertz CT molecular complexity index is 593. The highest BCUT2D eigenvalue weighted by atomic mass is 35.5. The molecular weight excluding hydrogens is 274 g/mol. The largest absolute Gasteiger partial charge is 0.398 e. The number of anilines is 1. The lowest BCUT2D eigenvalue weighted by molar-refractivity contribution is 0.531. The molecule has 0 fully saturated rings. The van der Waals surface area contributed by atoms with Gasteiger partial charge in [0.25, 0.3) is 0 Å². The van der Waals surface area contributed by atoms with Gasteiger partial charge >= 0.3 is 0 Å². The number of nitrogens with zero attached hydrogens (tertiary/aromatic N) is 2. The first-order valence-corrected chi connectivity index (χ1v) is 6.97. The molecule has 1 atom stereocenters. The van der Waals surface area contributed by atoms with Crippen LogP contribution in [-0.2, 0) is 19.9 Å². The second-order valence-corrected chi connectivity index (χ2v) is 5.11. The molecule has 20 heavy (non-hydrogen) atoms. The molecule has 0 spiro atoms. The van der Waals surface area contributed by atoms with Crippen LogP contribution in [0.2, 0.25) is 5.02 Å². The number of aryl methyl sites for hydroxylation is 2. The molecule has 1 heterocycles. The second kappa shape index (κ2) is 6.26. The molecule has 1 unspecified atom stereocenters. The molecule has 1 aromatic carbocycles. The van der Waals surface area contributed by atoms with E-state index >= 15 is 0 Å². The first-order chi connectivity index (χ1) is 9.58. The quantitative estimate of drug-likeness (QED) is 0.447. The Morgan fingerprint density at radius 1 is 1.40 bits per heavy atom. The third-order valence-corrected chi connectivity index (χ3v) is 3.91. The van der Waals surface area contributed by atoms with Crippen LogP contribution >= 0.6 is 11.6 Å². The van der Waals surface area contributed by atoms with Gasteiger partial charge in [0.1, 0.15) is 0 Å². The highest BCUT2D eigenvalue weighted by molar-refractivity contribution is 6.31. The predicted octanol–water partition coefficient (Wildman–Crippen LogP) is 1.97. The van der Waals surface area contributed by atoms with Gasteiger partial charge in [0.15, 0.2) is 0 Å². The summed E-state index contributed by atoms with van der Waals surface area (Å²) in [5, 5.41) is 5.13. The summed E-state index contributed by atoms with van der Waals surface area (Å²) in [5.41, 5.74) is 12.3. The van der Waals surface area contributed by atoms with Crippen LogP contribution < -0.4 is 17.0 Å². The summed E-state index contributed by atoms with van der Waals surface area (Å²) in [6, 6.07) is 7.57. The molecular formula is C14H20ClN5. The Kier molecular flexibility index (Phi) is 4.65. The summed E-state index contributed by atoms with van der Waals surface area (Å²) < 4.78 is 1.81. The summed E-state index contributed by atoms with van der Waals surface area (Å²) in [7, 11) is 1.89. The highest BCUT2D eigenvalue weighted by Gasteiger charge is 2.19. The summed E-state index contributed by atoms with van der Waals surface area (Å²) in [5.74, 6) is 5.68. The van der Waals surface area contributed by atoms with E-state index in [4.69, 9.17) is 23.2 Å². The lowest BCUT2D eigenvalue weighted by Gasteiger charge is -2.18. The van der Waals surface area contributed by atoms with Gasteiger partial charge in [0.05, 0.1) is 22.5 Å². The lowest BCUT2D eigenvalue weighted by Crippen LogP contribution is -2.30. The molecule has 2 rings (SSSR count). The SMILES string of the molecule is CCc1nn(C)c(CC(NN)c2ccccc2N)c1Cl. The summed E-state index contributed by atoms with van der Waals surface area (Å²) >= 11 is 6.37. The number of rotatable bonds is 5. The Morgan fingerprint density at radius 3 is 2.65 bits per heavy atom. The van der Waals surface area contributed by atoms with E-state index < -0.39 is 0 Å². The zero-order valence-electron chi connectivity index (χ0n) is 11.7. The average Bonchev–Trinajstić information content (AvgIpc) is 2.72. The van der Waals surface area contributed by atoms with Crippen molar-refractivity contribution in [1.29, 1.82) is 0 Å². The molecule has 5 N–H and O–H groups in total. The van der Waals surface area contributed by atoms with Gasteiger partial charge in [-0.05, 0) is 18.1 Å². The summed E-state index contributed by atoms with van der Waals surface area (Å²) in [6.07, 6.45) is 1.44. The molecule has 108 valence electrons. The first kappa shape index (κ1) is 14.8. The van der Waals surface area contributed by atoms with Crippen molar-refractivity contribution in [3.63, 3.8) is 0 Å². The molecule has 2 aromatic rings. The van der Waals surface area contributed by atoms with Crippen LogP contribution in [0.5, 0.6) is 0 Å². The van der Waals surface area contributed by atoms with Gasteiger partial charge in [0, 0.05) is 19.2 Å². The number of para-hydroxylation sites is 1. The van der Waals surface area contributed by atoms with E-state index in [0.29, 0.717) is 17.1 Å². The molecule has 0 bridgehead atoms. The van der Waals surface area contributed by atoms with Crippen LogP contribution in [0.4, 0.5) is 5.69 Å². The number of nitrogens with one attached hydrogen (secondary N) is 1. The van der Waals surface area contributed by atoms with Crippen molar-refractivity contribution >= 4 is 17.3 Å². The van der Waals surface area contributed by atoms with Crippen molar-refractivity contribution in [3.05, 3.63) is 46.2 Å². The van der Waals surface area contributed by atoms with Gasteiger partial charge < -0.3 is 5.73 Å². The van der Waals surface area contributed by atoms with Gasteiger partial charge in [-0.3, -0.25) is 16.0 Å². The summed E-state index contributed by atoms with van der Waals surface area (Å²) in [4.78, 5) is 0. The standard InChI is InChI=1S/C14H20ClN5/c1-3-11-14(15)13(20(2)19-11)8-12(18-17)9-6-4-5-7-10(9)16/h4-7,12,18H,3,8,16-17H2,1-2H3. The number of nitrogens with two attached hydrogens (primary N) is 2. The smallest absolute Gasteiger partial charge is 0.0850 e. The van der Waals surface area contributed by atoms with E-state index in [2.05, 4.69) is 10.5 Å². The van der Waals surface area contributed by atoms with E-state index in [0.717, 1.165) is 23.4 Å². The predicted molar refractivity (Wildman–Crippen MR) is 82.2 cm³/mol. The molecule has 0 aliphatic rings. The molecule has 0 radical (unpaired) electrons. The maximum Gasteiger partial charge on any atom is 0.0850 e. The molecule has 6 heteroatoms. The van der Waals surface area contributed by atoms with Crippen LogP contribution in [0.15, 0.2) is 24.3 Å². The number of hydrazine groups is 1. The van der Waals surface area contributed by atoms with E-state index in [1.165, 1.54) is 0 Å². The minimum Gasteiger partial charge on any atom is -0.398 e. The van der Waals surface area contributed by atoms with Crippen LogP contribution in [0, 0.1) is 0 Å². The maximum atomic E-state index is 6.37. The number of hydrogen-bond acceptors (Lipinski definition) is 4. The highest BCUT2D eigenvalue weighted by Crippen LogP contribution is 2.28.